The minimum atomic E-state index is -0.266. The van der Waals surface area contributed by atoms with Crippen LogP contribution in [0.4, 0.5) is 38.5 Å². The first-order valence-electron chi connectivity index (χ1n) is 36.3. The molecule has 10 atom stereocenters. The number of hydrogen-bond donors (Lipinski definition) is 5. The van der Waals surface area contributed by atoms with Crippen molar-refractivity contribution in [1.82, 2.24) is 101 Å². The predicted octanol–water partition coefficient (Wildman–Crippen LogP) is 20.0. The Morgan fingerprint density at radius 3 is 0.948 bits per heavy atom. The molecule has 0 spiro atoms. The lowest BCUT2D eigenvalue weighted by Gasteiger charge is -2.31. The molecule has 15 aromatic rings. The summed E-state index contributed by atoms with van der Waals surface area (Å²) in [5.74, 6) is 2.62. The molecule has 0 saturated carbocycles. The summed E-state index contributed by atoms with van der Waals surface area (Å²) in [6.07, 6.45) is 3.87. The Hall–Kier alpha value is -10.1. The van der Waals surface area contributed by atoms with Crippen LogP contribution in [-0.2, 0) is 0 Å². The summed E-state index contributed by atoms with van der Waals surface area (Å²) in [5.41, 5.74) is 10.4. The van der Waals surface area contributed by atoms with Crippen molar-refractivity contribution in [2.45, 2.75) is 92.5 Å². The number of nitrogens with zero attached hydrogens (tertiary/aromatic N) is 20. The van der Waals surface area contributed by atoms with Gasteiger partial charge < -0.3 is 26.6 Å². The Morgan fingerprint density at radius 1 is 0.296 bits per heavy atom. The Labute approximate surface area is 719 Å². The van der Waals surface area contributed by atoms with E-state index in [1.807, 2.05) is 150 Å². The van der Waals surface area contributed by atoms with Gasteiger partial charge in [-0.2, -0.15) is 0 Å². The zero-order valence-corrected chi connectivity index (χ0v) is 70.9. The number of halogens is 10. The van der Waals surface area contributed by atoms with Crippen LogP contribution >= 0.6 is 121 Å². The van der Waals surface area contributed by atoms with E-state index in [0.29, 0.717) is 41.7 Å². The van der Waals surface area contributed by atoms with Crippen molar-refractivity contribution >= 4 is 151 Å². The number of nitrogens with one attached hydrogen (secondary N) is 5. The maximum atomic E-state index is 14.3. The summed E-state index contributed by atoms with van der Waals surface area (Å²) in [6.45, 7) is 0. The molecule has 5 N–H and O–H groups in total. The second-order valence-corrected chi connectivity index (χ2v) is 33.5. The molecule has 0 saturated heterocycles. The quantitative estimate of drug-likeness (QED) is 0.0796. The minimum absolute atomic E-state index is 0.000989. The molecule has 5 aromatic heterocycles. The van der Waals surface area contributed by atoms with Gasteiger partial charge in [-0.15, -0.1) is 0 Å². The zero-order chi connectivity index (χ0) is 79.1. The van der Waals surface area contributed by atoms with E-state index < -0.39 is 0 Å². The van der Waals surface area contributed by atoms with E-state index in [0.717, 1.165) is 92.0 Å². The molecule has 0 fully saturated rings. The molecule has 580 valence electrons. The molecule has 0 radical (unpaired) electrons. The van der Waals surface area contributed by atoms with Crippen LogP contribution in [0.3, 0.4) is 0 Å². The third-order valence-electron chi connectivity index (χ3n) is 20.3. The summed E-state index contributed by atoms with van der Waals surface area (Å²) >= 11 is 35.4. The minimum Gasteiger partial charge on any atom is -0.346 e. The number of benzene rings is 10. The van der Waals surface area contributed by atoms with Gasteiger partial charge in [-0.25, -0.2) is 32.2 Å². The molecule has 35 heteroatoms. The molecule has 5 aliphatic rings. The number of fused-ring (bicyclic) bond motifs is 5. The number of anilines is 5. The van der Waals surface area contributed by atoms with Gasteiger partial charge in [0.2, 0.25) is 29.7 Å². The second kappa shape index (κ2) is 36.0. The van der Waals surface area contributed by atoms with Crippen LogP contribution in [0, 0.1) is 15.2 Å². The largest absolute Gasteiger partial charge is 0.346 e. The van der Waals surface area contributed by atoms with Crippen LogP contribution in [0.1, 0.15) is 148 Å². The molecule has 6 unspecified atom stereocenters. The molecule has 0 amide bonds. The van der Waals surface area contributed by atoms with E-state index in [1.165, 1.54) is 32.4 Å². The van der Waals surface area contributed by atoms with E-state index in [2.05, 4.69) is 257 Å². The number of aromatic nitrogens is 20. The molecule has 0 aliphatic carbocycles. The third-order valence-corrected chi connectivity index (χ3v) is 23.9. The van der Waals surface area contributed by atoms with Gasteiger partial charge in [-0.3, -0.25) is 0 Å². The SMILES string of the molecule is Clc1ccccc1C1CC(c2cccc(Br)c2)Nc2nnnn21.Clc1ccccc1C1CC(c2cccc(I)c2)Nc2nnnn21.Clc1ccccc1[C@H]1C[C@@H](c2cccc(Br)c2)Nc2nnnn21.Fc1cc(Br)cc([C@@H]2C[C@H](c3ccccc3)n3nnnc3N2)c1.Fc1ccccc1C1CC(c2cccc(Br)c2)Nc2nnnn21. The maximum Gasteiger partial charge on any atom is 0.243 e. The molecule has 0 bridgehead atoms. The first-order valence-corrected chi connectivity index (χ1v) is 41.7. The molecule has 10 aromatic carbocycles. The van der Waals surface area contributed by atoms with E-state index >= 15 is 0 Å². The van der Waals surface area contributed by atoms with Gasteiger partial charge in [-0.1, -0.05) is 276 Å². The zero-order valence-electron chi connectivity index (χ0n) is 60.1. The first-order chi connectivity index (χ1) is 56.1. The average molecular weight is 1970 g/mol. The van der Waals surface area contributed by atoms with E-state index in [1.54, 1.807) is 36.9 Å². The normalized spacial score (nSPS) is 19.9. The monoisotopic (exact) mass is 1960 g/mol. The second-order valence-electron chi connectivity index (χ2n) is 27.4. The number of hydrogen-bond acceptors (Lipinski definition) is 20. The van der Waals surface area contributed by atoms with Crippen molar-refractivity contribution in [3.63, 3.8) is 0 Å². The predicted molar refractivity (Wildman–Crippen MR) is 458 cm³/mol. The number of tetrazole rings is 5. The molecule has 20 rings (SSSR count). The highest BCUT2D eigenvalue weighted by atomic mass is 127. The highest BCUT2D eigenvalue weighted by Gasteiger charge is 2.37. The fourth-order valence-corrected chi connectivity index (χ4v) is 18.0. The Balaban J connectivity index is 0.000000108. The van der Waals surface area contributed by atoms with E-state index in [-0.39, 0.29) is 72.1 Å². The van der Waals surface area contributed by atoms with Crippen molar-refractivity contribution in [2.75, 3.05) is 26.6 Å². The van der Waals surface area contributed by atoms with Gasteiger partial charge in [0.25, 0.3) is 0 Å². The standard InChI is InChI=1S/2C16H13BrClN5.2C16H13BrFN5.C16H13ClIN5/c3*17-11-5-3-4-10(8-11)14-9-15(12-6-1-2-7-13(12)18)23-16(19-14)20-21-22-23;17-12-6-11(7-13(18)8-12)14-9-15(10-4-2-1-3-5-10)23-16(19-14)20-21-22-23;17-13-7-2-1-6-12(13)15-9-14(10-4-3-5-11(18)8-10)19-16-20-21-22-23(15)16/h5*1-8,14-15H,9H2,(H,19,20,22)/t14-,15+;;;14-,15+;/m0..0./s1. The molecule has 5 aliphatic heterocycles. The molecule has 25 nitrogen and oxygen atoms in total. The summed E-state index contributed by atoms with van der Waals surface area (Å²) in [5, 5.41) is 78.8. The fraction of sp³-hybridized carbons (Fsp3) is 0.188. The summed E-state index contributed by atoms with van der Waals surface area (Å²) < 4.78 is 41.9. The lowest BCUT2D eigenvalue weighted by atomic mass is 9.93. The summed E-state index contributed by atoms with van der Waals surface area (Å²) in [7, 11) is 0. The van der Waals surface area contributed by atoms with Crippen LogP contribution < -0.4 is 26.6 Å². The highest BCUT2D eigenvalue weighted by molar-refractivity contribution is 14.1. The van der Waals surface area contributed by atoms with E-state index in [4.69, 9.17) is 34.8 Å². The molecule has 10 heterocycles. The van der Waals surface area contributed by atoms with Gasteiger partial charge in [0.05, 0.1) is 60.4 Å². The topological polar surface area (TPSA) is 278 Å². The fourth-order valence-electron chi connectivity index (χ4n) is 14.9. The maximum absolute atomic E-state index is 14.3. The average Bonchev–Trinajstić information content (AvgIpc) is 1.77. The van der Waals surface area contributed by atoms with Gasteiger partial charge in [0.1, 0.15) is 11.6 Å². The van der Waals surface area contributed by atoms with Gasteiger partial charge in [0, 0.05) is 42.1 Å². The summed E-state index contributed by atoms with van der Waals surface area (Å²) in [4.78, 5) is 0. The van der Waals surface area contributed by atoms with Crippen molar-refractivity contribution in [1.29, 1.82) is 0 Å². The molecular formula is C80H65Br4Cl3F2IN25. The Kier molecular flexibility index (Phi) is 24.7. The lowest BCUT2D eigenvalue weighted by Crippen LogP contribution is -2.28. The smallest absolute Gasteiger partial charge is 0.243 e. The van der Waals surface area contributed by atoms with Crippen molar-refractivity contribution in [3.8, 4) is 0 Å². The highest BCUT2D eigenvalue weighted by Crippen LogP contribution is 2.45. The molecule has 115 heavy (non-hydrogen) atoms. The summed E-state index contributed by atoms with van der Waals surface area (Å²) in [6, 6.07) is 78.5. The van der Waals surface area contributed by atoms with E-state index in [9.17, 15) is 8.78 Å². The van der Waals surface area contributed by atoms with Crippen LogP contribution in [0.5, 0.6) is 0 Å². The van der Waals surface area contributed by atoms with Gasteiger partial charge >= 0.3 is 0 Å². The molecular weight excluding hydrogens is 1900 g/mol. The van der Waals surface area contributed by atoms with Crippen LogP contribution in [0.25, 0.3) is 0 Å². The lowest BCUT2D eigenvalue weighted by molar-refractivity contribution is 0.409. The van der Waals surface area contributed by atoms with Crippen LogP contribution in [0.15, 0.2) is 261 Å². The Bertz CT molecular complexity index is 5300. The van der Waals surface area contributed by atoms with Gasteiger partial charge in [0.15, 0.2) is 0 Å². The first kappa shape index (κ1) is 78.8. The van der Waals surface area contributed by atoms with Gasteiger partial charge in [-0.05, 0) is 248 Å². The van der Waals surface area contributed by atoms with Crippen LogP contribution in [0.2, 0.25) is 15.1 Å². The van der Waals surface area contributed by atoms with Crippen molar-refractivity contribution < 1.29 is 8.78 Å². The third kappa shape index (κ3) is 18.1. The number of rotatable bonds is 10. The van der Waals surface area contributed by atoms with Crippen LogP contribution in [-0.4, -0.2) is 101 Å². The van der Waals surface area contributed by atoms with Crippen molar-refractivity contribution in [3.05, 3.63) is 346 Å². The van der Waals surface area contributed by atoms with Crippen molar-refractivity contribution in [2.24, 2.45) is 0 Å². The Morgan fingerprint density at radius 2 is 0.591 bits per heavy atom.